The van der Waals surface area contributed by atoms with E-state index in [2.05, 4.69) is 20.1 Å². The maximum Gasteiger partial charge on any atom is 0.252 e. The lowest BCUT2D eigenvalue weighted by Gasteiger charge is -2.37. The van der Waals surface area contributed by atoms with Gasteiger partial charge < -0.3 is 10.2 Å². The molecule has 1 aromatic rings. The standard InChI is InChI=1S/C25H42N4O/c30-25(23-13-11-15-26-21-23)27-16-9-7-5-3-1-2-4-6-8-10-17-28-19-20-29-18-12-14-24(29)22-28/h11,13,15,21,24H,1-10,12,14,16-20,22H2,(H,27,30). The Morgan fingerprint density at radius 2 is 1.70 bits per heavy atom. The molecule has 5 heteroatoms. The fraction of sp³-hybridized carbons (Fsp3) is 0.760. The van der Waals surface area contributed by atoms with Crippen LogP contribution in [0.2, 0.25) is 0 Å². The summed E-state index contributed by atoms with van der Waals surface area (Å²) >= 11 is 0. The highest BCUT2D eigenvalue weighted by Gasteiger charge is 2.29. The number of pyridine rings is 1. The van der Waals surface area contributed by atoms with E-state index in [0.29, 0.717) is 5.56 Å². The highest BCUT2D eigenvalue weighted by molar-refractivity contribution is 5.93. The Labute approximate surface area is 183 Å². The van der Waals surface area contributed by atoms with Gasteiger partial charge in [-0.05, 0) is 50.9 Å². The number of fused-ring (bicyclic) bond motifs is 1. The number of rotatable bonds is 14. The average molecular weight is 415 g/mol. The van der Waals surface area contributed by atoms with Crippen molar-refractivity contribution in [3.63, 3.8) is 0 Å². The lowest BCUT2D eigenvalue weighted by molar-refractivity contribution is 0.0952. The first-order valence-corrected chi connectivity index (χ1v) is 12.5. The van der Waals surface area contributed by atoms with E-state index in [4.69, 9.17) is 0 Å². The maximum atomic E-state index is 11.9. The van der Waals surface area contributed by atoms with Crippen molar-refractivity contribution in [1.29, 1.82) is 0 Å². The number of hydrogen-bond donors (Lipinski definition) is 1. The number of nitrogens with zero attached hydrogens (tertiary/aromatic N) is 3. The van der Waals surface area contributed by atoms with Crippen LogP contribution in [0.3, 0.4) is 0 Å². The first-order valence-electron chi connectivity index (χ1n) is 12.5. The van der Waals surface area contributed by atoms with Gasteiger partial charge in [0, 0.05) is 44.6 Å². The number of hydrogen-bond acceptors (Lipinski definition) is 4. The molecule has 0 radical (unpaired) electrons. The molecule has 2 fully saturated rings. The second kappa shape index (κ2) is 13.8. The fourth-order valence-corrected chi connectivity index (χ4v) is 4.93. The van der Waals surface area contributed by atoms with Gasteiger partial charge in [0.15, 0.2) is 0 Å². The van der Waals surface area contributed by atoms with Gasteiger partial charge in [-0.2, -0.15) is 0 Å². The van der Waals surface area contributed by atoms with Crippen LogP contribution in [0.15, 0.2) is 24.5 Å². The van der Waals surface area contributed by atoms with Crippen LogP contribution in [-0.4, -0.2) is 66.0 Å². The normalized spacial score (nSPS) is 19.7. The smallest absolute Gasteiger partial charge is 0.252 e. The second-order valence-corrected chi connectivity index (χ2v) is 9.17. The predicted molar refractivity (Wildman–Crippen MR) is 124 cm³/mol. The Bertz CT molecular complexity index is 594. The molecule has 1 unspecified atom stereocenters. The third-order valence-corrected chi connectivity index (χ3v) is 6.78. The zero-order valence-electron chi connectivity index (χ0n) is 18.9. The Morgan fingerprint density at radius 1 is 0.967 bits per heavy atom. The minimum Gasteiger partial charge on any atom is -0.352 e. The molecule has 0 aliphatic carbocycles. The highest BCUT2D eigenvalue weighted by Crippen LogP contribution is 2.21. The molecule has 30 heavy (non-hydrogen) atoms. The van der Waals surface area contributed by atoms with Crippen LogP contribution in [0.5, 0.6) is 0 Å². The maximum absolute atomic E-state index is 11.9. The largest absolute Gasteiger partial charge is 0.352 e. The SMILES string of the molecule is O=C(NCCCCCCCCCCCCN1CCN2CCCC2C1)c1cccnc1. The van der Waals surface area contributed by atoms with Gasteiger partial charge in [0.05, 0.1) is 5.56 Å². The third kappa shape index (κ3) is 8.35. The van der Waals surface area contributed by atoms with E-state index in [1.807, 2.05) is 0 Å². The molecule has 1 aromatic heterocycles. The van der Waals surface area contributed by atoms with Gasteiger partial charge in [-0.15, -0.1) is 0 Å². The minimum absolute atomic E-state index is 0.0103. The lowest BCUT2D eigenvalue weighted by atomic mass is 10.1. The first kappa shape index (κ1) is 23.2. The molecule has 3 rings (SSSR count). The number of amides is 1. The minimum atomic E-state index is -0.0103. The summed E-state index contributed by atoms with van der Waals surface area (Å²) in [6.45, 7) is 7.37. The highest BCUT2D eigenvalue weighted by atomic mass is 16.1. The summed E-state index contributed by atoms with van der Waals surface area (Å²) in [6.07, 6.45) is 19.4. The number of carbonyl (C=O) groups is 1. The molecule has 168 valence electrons. The molecule has 2 aliphatic rings. The Kier molecular flexibility index (Phi) is 10.6. The van der Waals surface area contributed by atoms with Gasteiger partial charge in [0.25, 0.3) is 5.91 Å². The second-order valence-electron chi connectivity index (χ2n) is 9.17. The van der Waals surface area contributed by atoms with E-state index in [-0.39, 0.29) is 5.91 Å². The van der Waals surface area contributed by atoms with E-state index in [9.17, 15) is 4.79 Å². The molecular formula is C25H42N4O. The fourth-order valence-electron chi connectivity index (χ4n) is 4.93. The van der Waals surface area contributed by atoms with E-state index in [1.54, 1.807) is 24.5 Å². The molecule has 0 bridgehead atoms. The van der Waals surface area contributed by atoms with Gasteiger partial charge in [-0.3, -0.25) is 14.7 Å². The van der Waals surface area contributed by atoms with Gasteiger partial charge in [-0.25, -0.2) is 0 Å². The Hall–Kier alpha value is -1.46. The van der Waals surface area contributed by atoms with Crippen LogP contribution in [-0.2, 0) is 0 Å². The summed E-state index contributed by atoms with van der Waals surface area (Å²) in [6, 6.07) is 4.47. The molecule has 3 heterocycles. The van der Waals surface area contributed by atoms with E-state index in [0.717, 1.165) is 19.0 Å². The van der Waals surface area contributed by atoms with Crippen molar-refractivity contribution >= 4 is 5.91 Å². The summed E-state index contributed by atoms with van der Waals surface area (Å²) in [4.78, 5) is 21.3. The van der Waals surface area contributed by atoms with Gasteiger partial charge in [0.1, 0.15) is 0 Å². The molecule has 0 saturated carbocycles. The van der Waals surface area contributed by atoms with Crippen molar-refractivity contribution in [1.82, 2.24) is 20.1 Å². The number of nitrogens with one attached hydrogen (secondary N) is 1. The van der Waals surface area contributed by atoms with Gasteiger partial charge in [-0.1, -0.05) is 51.4 Å². The van der Waals surface area contributed by atoms with Crippen molar-refractivity contribution in [2.45, 2.75) is 83.1 Å². The molecule has 1 amide bonds. The average Bonchev–Trinajstić information content (AvgIpc) is 3.25. The van der Waals surface area contributed by atoms with Crippen LogP contribution in [0.1, 0.15) is 87.4 Å². The number of piperazine rings is 1. The van der Waals surface area contributed by atoms with Crippen LogP contribution >= 0.6 is 0 Å². The molecule has 0 aromatic carbocycles. The predicted octanol–water partition coefficient (Wildman–Crippen LogP) is 4.49. The number of carbonyl (C=O) groups excluding carboxylic acids is 1. The van der Waals surface area contributed by atoms with Crippen molar-refractivity contribution in [3.8, 4) is 0 Å². The summed E-state index contributed by atoms with van der Waals surface area (Å²) < 4.78 is 0. The first-order chi connectivity index (χ1) is 14.8. The summed E-state index contributed by atoms with van der Waals surface area (Å²) in [7, 11) is 0. The zero-order valence-corrected chi connectivity index (χ0v) is 18.9. The Balaban J connectivity index is 1.05. The summed E-state index contributed by atoms with van der Waals surface area (Å²) in [5, 5.41) is 2.98. The van der Waals surface area contributed by atoms with E-state index < -0.39 is 0 Å². The topological polar surface area (TPSA) is 48.5 Å². The van der Waals surface area contributed by atoms with Crippen LogP contribution in [0.4, 0.5) is 0 Å². The molecule has 1 atom stereocenters. The summed E-state index contributed by atoms with van der Waals surface area (Å²) in [5.41, 5.74) is 0.647. The molecule has 2 saturated heterocycles. The third-order valence-electron chi connectivity index (χ3n) is 6.78. The molecule has 2 aliphatic heterocycles. The number of aromatic nitrogens is 1. The van der Waals surface area contributed by atoms with Crippen molar-refractivity contribution < 1.29 is 4.79 Å². The van der Waals surface area contributed by atoms with Gasteiger partial charge >= 0.3 is 0 Å². The van der Waals surface area contributed by atoms with Crippen LogP contribution in [0, 0.1) is 0 Å². The zero-order chi connectivity index (χ0) is 20.9. The lowest BCUT2D eigenvalue weighted by Crippen LogP contribution is -2.50. The molecular weight excluding hydrogens is 372 g/mol. The van der Waals surface area contributed by atoms with Crippen molar-refractivity contribution in [2.24, 2.45) is 0 Å². The van der Waals surface area contributed by atoms with E-state index in [1.165, 1.54) is 103 Å². The van der Waals surface area contributed by atoms with E-state index >= 15 is 0 Å². The quantitative estimate of drug-likeness (QED) is 0.456. The summed E-state index contributed by atoms with van der Waals surface area (Å²) in [5.74, 6) is -0.0103. The molecule has 0 spiro atoms. The monoisotopic (exact) mass is 414 g/mol. The molecule has 5 nitrogen and oxygen atoms in total. The van der Waals surface area contributed by atoms with Crippen LogP contribution < -0.4 is 5.32 Å². The van der Waals surface area contributed by atoms with Crippen molar-refractivity contribution in [2.75, 3.05) is 39.3 Å². The van der Waals surface area contributed by atoms with Gasteiger partial charge in [0.2, 0.25) is 0 Å². The molecule has 1 N–H and O–H groups in total. The number of unbranched alkanes of at least 4 members (excludes halogenated alkanes) is 9. The Morgan fingerprint density at radius 3 is 2.43 bits per heavy atom. The van der Waals surface area contributed by atoms with Crippen LogP contribution in [0.25, 0.3) is 0 Å². The van der Waals surface area contributed by atoms with Crippen molar-refractivity contribution in [3.05, 3.63) is 30.1 Å².